The number of aryl methyl sites for hydroxylation is 1. The number of carbonyl (C=O) groups is 1. The molecule has 0 radical (unpaired) electrons. The van der Waals surface area contributed by atoms with Crippen molar-refractivity contribution in [3.8, 4) is 0 Å². The Morgan fingerprint density at radius 1 is 1.39 bits per heavy atom. The van der Waals surface area contributed by atoms with Gasteiger partial charge in [-0.3, -0.25) is 9.89 Å². The molecule has 1 aromatic rings. The molecule has 0 fully saturated rings. The van der Waals surface area contributed by atoms with Crippen molar-refractivity contribution in [2.75, 3.05) is 13.2 Å². The number of H-pyrrole nitrogens is 1. The fraction of sp³-hybridized carbons (Fsp3) is 0.727. The number of nitrogens with one attached hydrogen (secondary N) is 2. The van der Waals surface area contributed by atoms with Crippen molar-refractivity contribution in [3.05, 3.63) is 11.6 Å². The molecule has 1 rings (SSSR count). The molecule has 0 atom stereocenters. The van der Waals surface area contributed by atoms with E-state index in [-0.39, 0.29) is 19.0 Å². The van der Waals surface area contributed by atoms with Gasteiger partial charge in [0.05, 0.1) is 18.8 Å². The molecule has 0 aliphatic heterocycles. The Kier molecular flexibility index (Phi) is 5.24. The van der Waals surface area contributed by atoms with Gasteiger partial charge in [-0.15, -0.1) is 5.10 Å². The smallest absolute Gasteiger partial charge is 0.291 e. The summed E-state index contributed by atoms with van der Waals surface area (Å²) in [4.78, 5) is 15.9. The third-order valence-electron chi connectivity index (χ3n) is 2.88. The number of carbonyl (C=O) groups excluding carboxylic acids is 1. The van der Waals surface area contributed by atoms with Gasteiger partial charge in [0.25, 0.3) is 5.91 Å². The zero-order chi connectivity index (χ0) is 13.6. The molecule has 7 nitrogen and oxygen atoms in total. The van der Waals surface area contributed by atoms with E-state index in [1.807, 2.05) is 6.92 Å². The van der Waals surface area contributed by atoms with Gasteiger partial charge in [-0.05, 0) is 12.8 Å². The largest absolute Gasteiger partial charge is 0.394 e. The molecule has 0 bridgehead atoms. The maximum atomic E-state index is 11.9. The minimum atomic E-state index is -1.03. The first-order valence-corrected chi connectivity index (χ1v) is 6.06. The lowest BCUT2D eigenvalue weighted by Crippen LogP contribution is -2.54. The molecule has 1 amide bonds. The van der Waals surface area contributed by atoms with E-state index < -0.39 is 11.4 Å². The number of hydrogen-bond donors (Lipinski definition) is 4. The summed E-state index contributed by atoms with van der Waals surface area (Å²) in [6.07, 6.45) is 2.04. The standard InChI is InChI=1S/C11H20N4O3/c1-3-5-8-12-9(15-14-8)10(18)13-11(4-2,6-16)7-17/h16-17H,3-7H2,1-2H3,(H,13,18)(H,12,14,15). The number of aliphatic hydroxyl groups excluding tert-OH is 2. The molecule has 0 aliphatic rings. The molecule has 0 aromatic carbocycles. The zero-order valence-electron chi connectivity index (χ0n) is 10.7. The van der Waals surface area contributed by atoms with Crippen LogP contribution in [0.15, 0.2) is 0 Å². The van der Waals surface area contributed by atoms with Crippen molar-refractivity contribution in [3.63, 3.8) is 0 Å². The topological polar surface area (TPSA) is 111 Å². The molecule has 0 spiro atoms. The Balaban J connectivity index is 2.74. The van der Waals surface area contributed by atoms with Gasteiger partial charge in [0.2, 0.25) is 5.82 Å². The summed E-state index contributed by atoms with van der Waals surface area (Å²) in [7, 11) is 0. The van der Waals surface area contributed by atoms with E-state index in [2.05, 4.69) is 20.5 Å². The van der Waals surface area contributed by atoms with Gasteiger partial charge in [0.15, 0.2) is 0 Å². The highest BCUT2D eigenvalue weighted by Crippen LogP contribution is 2.09. The number of aliphatic hydroxyl groups is 2. The second kappa shape index (κ2) is 6.46. The summed E-state index contributed by atoms with van der Waals surface area (Å²) in [5.74, 6) is 0.175. The second-order valence-electron chi connectivity index (χ2n) is 4.26. The van der Waals surface area contributed by atoms with Crippen LogP contribution in [0.5, 0.6) is 0 Å². The molecule has 0 unspecified atom stereocenters. The van der Waals surface area contributed by atoms with Crippen LogP contribution < -0.4 is 5.32 Å². The molecule has 102 valence electrons. The van der Waals surface area contributed by atoms with Crippen LogP contribution in [0.25, 0.3) is 0 Å². The van der Waals surface area contributed by atoms with E-state index >= 15 is 0 Å². The molecule has 0 saturated carbocycles. The summed E-state index contributed by atoms with van der Waals surface area (Å²) < 4.78 is 0. The minimum absolute atomic E-state index is 0.0261. The fourth-order valence-corrected chi connectivity index (χ4v) is 1.48. The molecular formula is C11H20N4O3. The van der Waals surface area contributed by atoms with Crippen molar-refractivity contribution in [2.45, 2.75) is 38.6 Å². The molecule has 0 aliphatic carbocycles. The average molecular weight is 256 g/mol. The number of amides is 1. The van der Waals surface area contributed by atoms with Crippen molar-refractivity contribution in [1.82, 2.24) is 20.5 Å². The van der Waals surface area contributed by atoms with E-state index in [9.17, 15) is 15.0 Å². The summed E-state index contributed by atoms with van der Waals surface area (Å²) in [6, 6.07) is 0. The van der Waals surface area contributed by atoms with Crippen LogP contribution in [0.3, 0.4) is 0 Å². The van der Waals surface area contributed by atoms with Crippen LogP contribution in [0, 0.1) is 0 Å². The van der Waals surface area contributed by atoms with Crippen LogP contribution in [0.2, 0.25) is 0 Å². The van der Waals surface area contributed by atoms with Crippen LogP contribution in [-0.4, -0.2) is 50.1 Å². The first kappa shape index (κ1) is 14.6. The van der Waals surface area contributed by atoms with Gasteiger partial charge in [-0.2, -0.15) is 0 Å². The Hall–Kier alpha value is -1.47. The van der Waals surface area contributed by atoms with Gasteiger partial charge >= 0.3 is 0 Å². The maximum Gasteiger partial charge on any atom is 0.291 e. The maximum absolute atomic E-state index is 11.9. The monoisotopic (exact) mass is 256 g/mol. The van der Waals surface area contributed by atoms with Crippen LogP contribution >= 0.6 is 0 Å². The predicted octanol–water partition coefficient (Wildman–Crippen LogP) is -0.380. The van der Waals surface area contributed by atoms with E-state index in [0.717, 1.165) is 12.8 Å². The highest BCUT2D eigenvalue weighted by Gasteiger charge is 2.30. The molecule has 1 heterocycles. The Labute approximate surface area is 106 Å². The van der Waals surface area contributed by atoms with Gasteiger partial charge in [-0.25, -0.2) is 4.98 Å². The Morgan fingerprint density at radius 3 is 2.56 bits per heavy atom. The molecule has 1 aromatic heterocycles. The van der Waals surface area contributed by atoms with Gasteiger partial charge in [0, 0.05) is 6.42 Å². The SMILES string of the molecule is CCCc1nc(C(=O)NC(CC)(CO)CO)n[nH]1. The second-order valence-corrected chi connectivity index (χ2v) is 4.26. The first-order valence-electron chi connectivity index (χ1n) is 6.06. The lowest BCUT2D eigenvalue weighted by molar-refractivity contribution is 0.0645. The number of aromatic amines is 1. The van der Waals surface area contributed by atoms with E-state index in [0.29, 0.717) is 12.2 Å². The molecule has 0 saturated heterocycles. The molecule has 7 heteroatoms. The van der Waals surface area contributed by atoms with Crippen LogP contribution in [0.1, 0.15) is 43.1 Å². The number of aromatic nitrogens is 3. The van der Waals surface area contributed by atoms with Crippen molar-refractivity contribution in [2.24, 2.45) is 0 Å². The average Bonchev–Trinajstić information content (AvgIpc) is 2.85. The summed E-state index contributed by atoms with van der Waals surface area (Å²) >= 11 is 0. The van der Waals surface area contributed by atoms with E-state index in [1.54, 1.807) is 6.92 Å². The quantitative estimate of drug-likeness (QED) is 0.531. The van der Waals surface area contributed by atoms with Gasteiger partial charge in [0.1, 0.15) is 5.82 Å². The Morgan fingerprint density at radius 2 is 2.06 bits per heavy atom. The third-order valence-corrected chi connectivity index (χ3v) is 2.88. The summed E-state index contributed by atoms with van der Waals surface area (Å²) in [6.45, 7) is 3.10. The van der Waals surface area contributed by atoms with Crippen molar-refractivity contribution >= 4 is 5.91 Å². The Bertz CT molecular complexity index is 379. The normalized spacial score (nSPS) is 11.6. The van der Waals surface area contributed by atoms with Crippen molar-refractivity contribution in [1.29, 1.82) is 0 Å². The zero-order valence-corrected chi connectivity index (χ0v) is 10.7. The fourth-order valence-electron chi connectivity index (χ4n) is 1.48. The van der Waals surface area contributed by atoms with Gasteiger partial charge < -0.3 is 15.5 Å². The number of rotatable bonds is 7. The minimum Gasteiger partial charge on any atom is -0.394 e. The summed E-state index contributed by atoms with van der Waals surface area (Å²) in [5, 5.41) is 27.5. The highest BCUT2D eigenvalue weighted by atomic mass is 16.3. The molecule has 4 N–H and O–H groups in total. The lowest BCUT2D eigenvalue weighted by atomic mass is 9.98. The molecule has 18 heavy (non-hydrogen) atoms. The molecular weight excluding hydrogens is 236 g/mol. The van der Waals surface area contributed by atoms with Gasteiger partial charge in [-0.1, -0.05) is 13.8 Å². The van der Waals surface area contributed by atoms with Crippen LogP contribution in [-0.2, 0) is 6.42 Å². The number of hydrogen-bond acceptors (Lipinski definition) is 5. The van der Waals surface area contributed by atoms with Crippen molar-refractivity contribution < 1.29 is 15.0 Å². The predicted molar refractivity (Wildman–Crippen MR) is 65.0 cm³/mol. The third kappa shape index (κ3) is 3.27. The first-order chi connectivity index (χ1) is 8.60. The summed E-state index contributed by atoms with van der Waals surface area (Å²) in [5.41, 5.74) is -1.03. The lowest BCUT2D eigenvalue weighted by Gasteiger charge is -2.28. The van der Waals surface area contributed by atoms with E-state index in [4.69, 9.17) is 0 Å². The highest BCUT2D eigenvalue weighted by molar-refractivity contribution is 5.90. The number of nitrogens with zero attached hydrogens (tertiary/aromatic N) is 2. The van der Waals surface area contributed by atoms with E-state index in [1.165, 1.54) is 0 Å². The van der Waals surface area contributed by atoms with Crippen LogP contribution in [0.4, 0.5) is 0 Å².